The number of pyridine rings is 1. The minimum absolute atomic E-state index is 0.619. The Kier molecular flexibility index (Phi) is 3.71. The molecule has 2 fully saturated rings. The summed E-state index contributed by atoms with van der Waals surface area (Å²) in [5.74, 6) is 0.898. The molecular weight excluding hydrogens is 238 g/mol. The van der Waals surface area contributed by atoms with Crippen LogP contribution in [0.2, 0.25) is 0 Å². The monoisotopic (exact) mass is 261 g/mol. The number of likely N-dealkylation sites (tertiary alicyclic amines) is 1. The molecule has 1 unspecified atom stereocenters. The van der Waals surface area contributed by atoms with Crippen LogP contribution in [0, 0.1) is 6.92 Å². The van der Waals surface area contributed by atoms with E-state index in [9.17, 15) is 0 Å². The fraction of sp³-hybridized carbons (Fsp3) is 0.667. The maximum absolute atomic E-state index is 5.29. The summed E-state index contributed by atoms with van der Waals surface area (Å²) in [6, 6.07) is 5.50. The molecule has 104 valence electrons. The van der Waals surface area contributed by atoms with Crippen LogP contribution in [0.4, 0.5) is 0 Å². The van der Waals surface area contributed by atoms with Crippen LogP contribution in [-0.4, -0.2) is 42.2 Å². The van der Waals surface area contributed by atoms with Gasteiger partial charge in [-0.25, -0.2) is 0 Å². The molecule has 1 atom stereocenters. The van der Waals surface area contributed by atoms with Crippen molar-refractivity contribution in [2.45, 2.75) is 44.8 Å². The Hall–Kier alpha value is -1.13. The summed E-state index contributed by atoms with van der Waals surface area (Å²) < 4.78 is 5.29. The highest BCUT2D eigenvalue weighted by Gasteiger charge is 2.34. The van der Waals surface area contributed by atoms with Crippen LogP contribution in [0.25, 0.3) is 0 Å². The van der Waals surface area contributed by atoms with Crippen LogP contribution in [0.15, 0.2) is 12.1 Å². The minimum Gasteiger partial charge on any atom is -0.497 e. The maximum Gasteiger partial charge on any atom is 0.122 e. The Morgan fingerprint density at radius 2 is 2.21 bits per heavy atom. The number of hydrogen-bond donors (Lipinski definition) is 1. The van der Waals surface area contributed by atoms with Gasteiger partial charge in [-0.3, -0.25) is 9.88 Å². The SMILES string of the molecule is COc1cc(C)nc(CNC2CCN(C3CC3)C2)c1. The molecule has 1 aliphatic carbocycles. The Morgan fingerprint density at radius 1 is 1.37 bits per heavy atom. The number of aromatic nitrogens is 1. The summed E-state index contributed by atoms with van der Waals surface area (Å²) in [6.45, 7) is 5.30. The zero-order valence-electron chi connectivity index (χ0n) is 11.9. The Balaban J connectivity index is 1.53. The van der Waals surface area contributed by atoms with Crippen LogP contribution in [0.1, 0.15) is 30.7 Å². The van der Waals surface area contributed by atoms with Gasteiger partial charge >= 0.3 is 0 Å². The molecule has 2 aliphatic rings. The van der Waals surface area contributed by atoms with Gasteiger partial charge in [0.2, 0.25) is 0 Å². The van der Waals surface area contributed by atoms with Crippen molar-refractivity contribution >= 4 is 0 Å². The number of methoxy groups -OCH3 is 1. The van der Waals surface area contributed by atoms with Gasteiger partial charge in [0.25, 0.3) is 0 Å². The number of nitrogens with zero attached hydrogens (tertiary/aromatic N) is 2. The fourth-order valence-electron chi connectivity index (χ4n) is 2.89. The predicted molar refractivity (Wildman–Crippen MR) is 75.4 cm³/mol. The normalized spacial score (nSPS) is 23.8. The predicted octanol–water partition coefficient (Wildman–Crippen LogP) is 1.72. The molecule has 0 bridgehead atoms. The van der Waals surface area contributed by atoms with Crippen molar-refractivity contribution in [2.24, 2.45) is 0 Å². The Bertz CT molecular complexity index is 445. The summed E-state index contributed by atoms with van der Waals surface area (Å²) in [6.07, 6.45) is 4.08. The van der Waals surface area contributed by atoms with E-state index in [-0.39, 0.29) is 0 Å². The van der Waals surface area contributed by atoms with Crippen molar-refractivity contribution < 1.29 is 4.74 Å². The number of rotatable bonds is 5. The molecule has 1 aliphatic heterocycles. The second-order valence-corrected chi connectivity index (χ2v) is 5.73. The molecule has 4 nitrogen and oxygen atoms in total. The lowest BCUT2D eigenvalue weighted by molar-refractivity contribution is 0.317. The zero-order chi connectivity index (χ0) is 13.2. The van der Waals surface area contributed by atoms with E-state index in [0.717, 1.165) is 29.7 Å². The molecular formula is C15H23N3O. The summed E-state index contributed by atoms with van der Waals surface area (Å²) in [5.41, 5.74) is 2.09. The third-order valence-corrected chi connectivity index (χ3v) is 4.07. The molecule has 1 saturated carbocycles. The van der Waals surface area contributed by atoms with E-state index >= 15 is 0 Å². The summed E-state index contributed by atoms with van der Waals surface area (Å²) >= 11 is 0. The van der Waals surface area contributed by atoms with E-state index in [1.165, 1.54) is 32.4 Å². The molecule has 1 aromatic rings. The molecule has 1 N–H and O–H groups in total. The lowest BCUT2D eigenvalue weighted by Gasteiger charge is -2.16. The van der Waals surface area contributed by atoms with Gasteiger partial charge in [0.05, 0.1) is 12.8 Å². The average Bonchev–Trinajstić information content (AvgIpc) is 3.15. The molecule has 0 spiro atoms. The minimum atomic E-state index is 0.619. The molecule has 1 saturated heterocycles. The second kappa shape index (κ2) is 5.47. The van der Waals surface area contributed by atoms with Crippen LogP contribution in [0.5, 0.6) is 5.75 Å². The maximum atomic E-state index is 5.29. The lowest BCUT2D eigenvalue weighted by atomic mass is 10.2. The summed E-state index contributed by atoms with van der Waals surface area (Å²) in [7, 11) is 1.70. The van der Waals surface area contributed by atoms with Crippen LogP contribution in [0.3, 0.4) is 0 Å². The summed E-state index contributed by atoms with van der Waals surface area (Å²) in [4.78, 5) is 7.18. The molecule has 1 aromatic heterocycles. The van der Waals surface area contributed by atoms with Crippen LogP contribution in [-0.2, 0) is 6.54 Å². The standard InChI is InChI=1S/C15H23N3O/c1-11-7-15(19-2)8-13(17-11)9-16-12-5-6-18(10-12)14-3-4-14/h7-8,12,14,16H,3-6,9-10H2,1-2H3. The van der Waals surface area contributed by atoms with E-state index in [4.69, 9.17) is 4.74 Å². The first-order valence-corrected chi connectivity index (χ1v) is 7.23. The highest BCUT2D eigenvalue weighted by molar-refractivity contribution is 5.26. The number of nitrogens with one attached hydrogen (secondary N) is 1. The zero-order valence-corrected chi connectivity index (χ0v) is 11.9. The molecule has 19 heavy (non-hydrogen) atoms. The van der Waals surface area contributed by atoms with Gasteiger partial charge in [-0.1, -0.05) is 0 Å². The third kappa shape index (κ3) is 3.25. The van der Waals surface area contributed by atoms with Crippen LogP contribution >= 0.6 is 0 Å². The van der Waals surface area contributed by atoms with E-state index in [1.54, 1.807) is 7.11 Å². The average molecular weight is 261 g/mol. The van der Waals surface area contributed by atoms with Crippen molar-refractivity contribution in [1.82, 2.24) is 15.2 Å². The summed E-state index contributed by atoms with van der Waals surface area (Å²) in [5, 5.41) is 3.63. The van der Waals surface area contributed by atoms with Crippen molar-refractivity contribution in [3.05, 3.63) is 23.5 Å². The highest BCUT2D eigenvalue weighted by atomic mass is 16.5. The largest absolute Gasteiger partial charge is 0.497 e. The highest BCUT2D eigenvalue weighted by Crippen LogP contribution is 2.29. The number of ether oxygens (including phenoxy) is 1. The van der Waals surface area contributed by atoms with E-state index in [1.807, 2.05) is 19.1 Å². The quantitative estimate of drug-likeness (QED) is 0.876. The van der Waals surface area contributed by atoms with Crippen molar-refractivity contribution in [3.63, 3.8) is 0 Å². The smallest absolute Gasteiger partial charge is 0.122 e. The number of aryl methyl sites for hydroxylation is 1. The van der Waals surface area contributed by atoms with Gasteiger partial charge in [0, 0.05) is 49.5 Å². The van der Waals surface area contributed by atoms with Crippen LogP contribution < -0.4 is 10.1 Å². The van der Waals surface area contributed by atoms with Gasteiger partial charge in [0.15, 0.2) is 0 Å². The van der Waals surface area contributed by atoms with E-state index < -0.39 is 0 Å². The second-order valence-electron chi connectivity index (χ2n) is 5.73. The first kappa shape index (κ1) is 12.9. The topological polar surface area (TPSA) is 37.4 Å². The molecule has 0 radical (unpaired) electrons. The molecule has 0 aromatic carbocycles. The van der Waals surface area contributed by atoms with E-state index in [2.05, 4.69) is 15.2 Å². The van der Waals surface area contributed by atoms with Gasteiger partial charge in [-0.05, 0) is 26.2 Å². The molecule has 3 rings (SSSR count). The first-order valence-electron chi connectivity index (χ1n) is 7.23. The van der Waals surface area contributed by atoms with Crippen molar-refractivity contribution in [2.75, 3.05) is 20.2 Å². The lowest BCUT2D eigenvalue weighted by Crippen LogP contribution is -2.33. The van der Waals surface area contributed by atoms with Crippen molar-refractivity contribution in [3.8, 4) is 5.75 Å². The third-order valence-electron chi connectivity index (χ3n) is 4.07. The van der Waals surface area contributed by atoms with Crippen molar-refractivity contribution in [1.29, 1.82) is 0 Å². The Morgan fingerprint density at radius 3 is 2.95 bits per heavy atom. The van der Waals surface area contributed by atoms with Gasteiger partial charge in [-0.2, -0.15) is 0 Å². The fourth-order valence-corrected chi connectivity index (χ4v) is 2.89. The number of hydrogen-bond acceptors (Lipinski definition) is 4. The molecule has 2 heterocycles. The molecule has 0 amide bonds. The Labute approximate surface area is 115 Å². The van der Waals surface area contributed by atoms with Gasteiger partial charge < -0.3 is 10.1 Å². The van der Waals surface area contributed by atoms with Gasteiger partial charge in [0.1, 0.15) is 5.75 Å². The first-order chi connectivity index (χ1) is 9.24. The molecule has 4 heteroatoms. The van der Waals surface area contributed by atoms with E-state index in [0.29, 0.717) is 6.04 Å². The van der Waals surface area contributed by atoms with Gasteiger partial charge in [-0.15, -0.1) is 0 Å².